The Labute approximate surface area is 125 Å². The van der Waals surface area contributed by atoms with Gasteiger partial charge in [-0.1, -0.05) is 19.3 Å². The first-order valence-corrected chi connectivity index (χ1v) is 9.51. The van der Waals surface area contributed by atoms with Gasteiger partial charge < -0.3 is 0 Å². The van der Waals surface area contributed by atoms with Crippen LogP contribution in [0, 0.1) is 0 Å². The van der Waals surface area contributed by atoms with Gasteiger partial charge in [0.1, 0.15) is 0 Å². The Morgan fingerprint density at radius 1 is 1.33 bits per heavy atom. The molecule has 6 heteroatoms. The van der Waals surface area contributed by atoms with E-state index in [2.05, 4.69) is 5.10 Å². The van der Waals surface area contributed by atoms with Gasteiger partial charge in [-0.15, -0.1) is 0 Å². The fraction of sp³-hybridized carbons (Fsp3) is 0.733. The van der Waals surface area contributed by atoms with Crippen LogP contribution in [0.5, 0.6) is 0 Å². The van der Waals surface area contributed by atoms with Gasteiger partial charge in [0.15, 0.2) is 16.1 Å². The standard InChI is InChI=1S/C15H22N2O3S/c1-15(7-8-21(19,20)11-15)17-9-13(10-18)14(16-17)12-5-3-2-4-6-12/h9-10,12H,2-8,11H2,1H3. The van der Waals surface area contributed by atoms with E-state index in [0.29, 0.717) is 17.9 Å². The molecule has 21 heavy (non-hydrogen) atoms. The molecular formula is C15H22N2O3S. The molecule has 1 aliphatic carbocycles. The van der Waals surface area contributed by atoms with Gasteiger partial charge >= 0.3 is 0 Å². The summed E-state index contributed by atoms with van der Waals surface area (Å²) in [4.78, 5) is 11.4. The molecule has 0 spiro atoms. The van der Waals surface area contributed by atoms with Crippen molar-refractivity contribution in [3.63, 3.8) is 0 Å². The zero-order valence-corrected chi connectivity index (χ0v) is 13.2. The van der Waals surface area contributed by atoms with Crippen LogP contribution in [0.15, 0.2) is 6.20 Å². The Kier molecular flexibility index (Phi) is 3.67. The predicted octanol–water partition coefficient (Wildman–Crippen LogP) is 2.28. The molecule has 5 nitrogen and oxygen atoms in total. The van der Waals surface area contributed by atoms with Gasteiger partial charge in [-0.2, -0.15) is 5.10 Å². The molecule has 0 radical (unpaired) electrons. The number of hydrogen-bond donors (Lipinski definition) is 0. The second-order valence-electron chi connectivity index (χ2n) is 6.71. The highest BCUT2D eigenvalue weighted by Crippen LogP contribution is 2.36. The van der Waals surface area contributed by atoms with Crippen molar-refractivity contribution in [3.8, 4) is 0 Å². The molecule has 2 aliphatic rings. The lowest BCUT2D eigenvalue weighted by Crippen LogP contribution is -2.32. The van der Waals surface area contributed by atoms with Gasteiger partial charge in [0.2, 0.25) is 0 Å². The van der Waals surface area contributed by atoms with Gasteiger partial charge in [0.05, 0.1) is 28.3 Å². The molecule has 116 valence electrons. The lowest BCUT2D eigenvalue weighted by Gasteiger charge is -2.23. The number of aromatic nitrogens is 2. The minimum Gasteiger partial charge on any atom is -0.298 e. The summed E-state index contributed by atoms with van der Waals surface area (Å²) in [5.41, 5.74) is 0.992. The van der Waals surface area contributed by atoms with Crippen LogP contribution in [-0.4, -0.2) is 36.0 Å². The zero-order chi connectivity index (χ0) is 15.1. The van der Waals surface area contributed by atoms with E-state index in [4.69, 9.17) is 0 Å². The second kappa shape index (κ2) is 5.23. The van der Waals surface area contributed by atoms with E-state index >= 15 is 0 Å². The smallest absolute Gasteiger partial charge is 0.153 e. The van der Waals surface area contributed by atoms with Gasteiger partial charge in [0.25, 0.3) is 0 Å². The molecule has 1 atom stereocenters. The molecule has 0 amide bonds. The number of carbonyl (C=O) groups is 1. The molecule has 1 aromatic heterocycles. The Morgan fingerprint density at radius 3 is 2.62 bits per heavy atom. The molecule has 1 aromatic rings. The SMILES string of the molecule is CC1(n2cc(C=O)c(C3CCCCC3)n2)CCS(=O)(=O)C1. The van der Waals surface area contributed by atoms with Crippen molar-refractivity contribution in [2.24, 2.45) is 0 Å². The van der Waals surface area contributed by atoms with Gasteiger partial charge in [-0.05, 0) is 26.2 Å². The third-order valence-electron chi connectivity index (χ3n) is 4.93. The summed E-state index contributed by atoms with van der Waals surface area (Å²) in [5.74, 6) is 0.671. The number of hydrogen-bond acceptors (Lipinski definition) is 4. The van der Waals surface area contributed by atoms with E-state index in [1.165, 1.54) is 19.3 Å². The van der Waals surface area contributed by atoms with Crippen LogP contribution >= 0.6 is 0 Å². The Hall–Kier alpha value is -1.17. The van der Waals surface area contributed by atoms with Crippen molar-refractivity contribution in [1.29, 1.82) is 0 Å². The molecule has 2 heterocycles. The molecule has 1 saturated heterocycles. The van der Waals surface area contributed by atoms with E-state index in [-0.39, 0.29) is 11.5 Å². The van der Waals surface area contributed by atoms with E-state index in [9.17, 15) is 13.2 Å². The van der Waals surface area contributed by atoms with E-state index < -0.39 is 15.4 Å². The van der Waals surface area contributed by atoms with Crippen LogP contribution in [-0.2, 0) is 15.4 Å². The molecule has 1 aliphatic heterocycles. The second-order valence-corrected chi connectivity index (χ2v) is 8.89. The highest BCUT2D eigenvalue weighted by molar-refractivity contribution is 7.91. The Bertz CT molecular complexity index is 644. The molecule has 1 unspecified atom stereocenters. The van der Waals surface area contributed by atoms with E-state index in [1.54, 1.807) is 10.9 Å². The summed E-state index contributed by atoms with van der Waals surface area (Å²) in [6.07, 6.45) is 8.95. The minimum absolute atomic E-state index is 0.115. The fourth-order valence-corrected chi connectivity index (χ4v) is 5.75. The highest BCUT2D eigenvalue weighted by Gasteiger charge is 2.41. The summed E-state index contributed by atoms with van der Waals surface area (Å²) in [6.45, 7) is 1.92. The summed E-state index contributed by atoms with van der Waals surface area (Å²) in [7, 11) is -2.99. The first-order valence-electron chi connectivity index (χ1n) is 7.69. The third-order valence-corrected chi connectivity index (χ3v) is 6.81. The molecule has 0 bridgehead atoms. The van der Waals surface area contributed by atoms with Crippen molar-refractivity contribution in [1.82, 2.24) is 9.78 Å². The average molecular weight is 310 g/mol. The van der Waals surface area contributed by atoms with Crippen LogP contribution in [0.1, 0.15) is 67.4 Å². The first kappa shape index (κ1) is 14.8. The van der Waals surface area contributed by atoms with Crippen LogP contribution < -0.4 is 0 Å². The summed E-state index contributed by atoms with van der Waals surface area (Å²) in [5, 5.41) is 4.64. The molecule has 2 fully saturated rings. The summed E-state index contributed by atoms with van der Waals surface area (Å²) < 4.78 is 25.3. The maximum Gasteiger partial charge on any atom is 0.153 e. The summed E-state index contributed by atoms with van der Waals surface area (Å²) >= 11 is 0. The van der Waals surface area contributed by atoms with Crippen molar-refractivity contribution < 1.29 is 13.2 Å². The molecule has 3 rings (SSSR count). The maximum absolute atomic E-state index is 11.8. The highest BCUT2D eigenvalue weighted by atomic mass is 32.2. The third kappa shape index (κ3) is 2.78. The molecule has 0 N–H and O–H groups in total. The topological polar surface area (TPSA) is 69.0 Å². The largest absolute Gasteiger partial charge is 0.298 e. The van der Waals surface area contributed by atoms with Crippen LogP contribution in [0.4, 0.5) is 0 Å². The van der Waals surface area contributed by atoms with Crippen LogP contribution in [0.3, 0.4) is 0 Å². The van der Waals surface area contributed by atoms with Gasteiger partial charge in [-0.3, -0.25) is 9.48 Å². The fourth-order valence-electron chi connectivity index (χ4n) is 3.64. The molecule has 0 aromatic carbocycles. The number of sulfone groups is 1. The minimum atomic E-state index is -2.99. The average Bonchev–Trinajstić information content (AvgIpc) is 3.02. The Balaban J connectivity index is 1.94. The molecule has 1 saturated carbocycles. The lowest BCUT2D eigenvalue weighted by atomic mass is 9.86. The van der Waals surface area contributed by atoms with Crippen LogP contribution in [0.2, 0.25) is 0 Å². The van der Waals surface area contributed by atoms with Crippen molar-refractivity contribution >= 4 is 16.1 Å². The first-order chi connectivity index (χ1) is 9.93. The van der Waals surface area contributed by atoms with E-state index in [0.717, 1.165) is 24.8 Å². The van der Waals surface area contributed by atoms with Gasteiger partial charge in [-0.25, -0.2) is 8.42 Å². The Morgan fingerprint density at radius 2 is 2.05 bits per heavy atom. The van der Waals surface area contributed by atoms with Crippen molar-refractivity contribution in [2.75, 3.05) is 11.5 Å². The number of carbonyl (C=O) groups excluding carboxylic acids is 1. The zero-order valence-electron chi connectivity index (χ0n) is 12.4. The normalized spacial score (nSPS) is 29.6. The predicted molar refractivity (Wildman–Crippen MR) is 80.4 cm³/mol. The summed E-state index contributed by atoms with van der Waals surface area (Å²) in [6, 6.07) is 0. The van der Waals surface area contributed by atoms with Crippen molar-refractivity contribution in [2.45, 2.75) is 56.9 Å². The van der Waals surface area contributed by atoms with E-state index in [1.807, 2.05) is 6.92 Å². The van der Waals surface area contributed by atoms with Gasteiger partial charge in [0, 0.05) is 12.1 Å². The lowest BCUT2D eigenvalue weighted by molar-refractivity contribution is 0.112. The van der Waals surface area contributed by atoms with Crippen LogP contribution in [0.25, 0.3) is 0 Å². The number of nitrogens with zero attached hydrogens (tertiary/aromatic N) is 2. The molecular weight excluding hydrogens is 288 g/mol. The number of rotatable bonds is 3. The monoisotopic (exact) mass is 310 g/mol. The maximum atomic E-state index is 11.8. The quantitative estimate of drug-likeness (QED) is 0.803. The van der Waals surface area contributed by atoms with Crippen molar-refractivity contribution in [3.05, 3.63) is 17.5 Å². The number of aldehydes is 1.